The zero-order valence-electron chi connectivity index (χ0n) is 13.2. The second-order valence-corrected chi connectivity index (χ2v) is 5.56. The first-order valence-electron chi connectivity index (χ1n) is 7.61. The summed E-state index contributed by atoms with van der Waals surface area (Å²) in [6.07, 6.45) is 0. The first-order chi connectivity index (χ1) is 11.6. The maximum Gasteiger partial charge on any atom is 0.217 e. The number of carbonyl (C=O) groups is 3. The van der Waals surface area contributed by atoms with Gasteiger partial charge in [0.2, 0.25) is 11.7 Å². The summed E-state index contributed by atoms with van der Waals surface area (Å²) < 4.78 is 0. The van der Waals surface area contributed by atoms with Gasteiger partial charge in [0.25, 0.3) is 0 Å². The van der Waals surface area contributed by atoms with Gasteiger partial charge in [-0.3, -0.25) is 19.4 Å². The predicted molar refractivity (Wildman–Crippen MR) is 90.3 cm³/mol. The largest absolute Gasteiger partial charge is 0.341 e. The monoisotopic (exact) mass is 320 g/mol. The molecule has 0 aromatic heterocycles. The van der Waals surface area contributed by atoms with Crippen molar-refractivity contribution in [1.82, 2.24) is 5.32 Å². The molecule has 0 aliphatic heterocycles. The number of Topliss-reactive ketones (excluding diaryl/α,β-unsaturated/α-hetero) is 2. The summed E-state index contributed by atoms with van der Waals surface area (Å²) in [6, 6.07) is 15.0. The van der Waals surface area contributed by atoms with Gasteiger partial charge in [-0.05, 0) is 5.56 Å². The van der Waals surface area contributed by atoms with Crippen LogP contribution >= 0.6 is 0 Å². The van der Waals surface area contributed by atoms with E-state index in [4.69, 9.17) is 0 Å². The number of benzene rings is 2. The van der Waals surface area contributed by atoms with Crippen LogP contribution in [0.1, 0.15) is 33.2 Å². The molecule has 1 aliphatic rings. The molecule has 0 fully saturated rings. The molecule has 24 heavy (non-hydrogen) atoms. The Labute approximate surface area is 139 Å². The lowest BCUT2D eigenvalue weighted by Crippen LogP contribution is -2.52. The Bertz CT molecular complexity index is 841. The van der Waals surface area contributed by atoms with E-state index in [9.17, 15) is 14.4 Å². The van der Waals surface area contributed by atoms with Crippen molar-refractivity contribution in [1.29, 1.82) is 0 Å². The Kier molecular flexibility index (Phi) is 4.33. The molecule has 0 radical (unpaired) electrons. The number of hydrogen-bond acceptors (Lipinski definition) is 4. The maximum atomic E-state index is 12.7. The summed E-state index contributed by atoms with van der Waals surface area (Å²) in [5.41, 5.74) is 1.65. The first-order valence-corrected chi connectivity index (χ1v) is 7.61. The van der Waals surface area contributed by atoms with Crippen LogP contribution < -0.4 is 5.32 Å². The molecule has 5 nitrogen and oxygen atoms in total. The molecule has 0 unspecified atom stereocenters. The second-order valence-electron chi connectivity index (χ2n) is 5.56. The fourth-order valence-corrected chi connectivity index (χ4v) is 2.70. The number of amides is 1. The van der Waals surface area contributed by atoms with E-state index in [1.165, 1.54) is 6.92 Å². The van der Waals surface area contributed by atoms with E-state index < -0.39 is 6.04 Å². The minimum atomic E-state index is -1.03. The van der Waals surface area contributed by atoms with Gasteiger partial charge in [-0.2, -0.15) is 0 Å². The normalized spacial score (nSPS) is 18.4. The van der Waals surface area contributed by atoms with Crippen LogP contribution in [0.2, 0.25) is 0 Å². The minimum absolute atomic E-state index is 0.0813. The summed E-state index contributed by atoms with van der Waals surface area (Å²) in [4.78, 5) is 41.2. The molecule has 1 amide bonds. The minimum Gasteiger partial charge on any atom is -0.341 e. The lowest BCUT2D eigenvalue weighted by atomic mass is 9.84. The first kappa shape index (κ1) is 15.8. The summed E-state index contributed by atoms with van der Waals surface area (Å²) in [5.74, 6) is -1.01. The van der Waals surface area contributed by atoms with Gasteiger partial charge in [-0.15, -0.1) is 0 Å². The quantitative estimate of drug-likeness (QED) is 0.942. The van der Waals surface area contributed by atoms with E-state index in [1.807, 2.05) is 30.3 Å². The number of carbonyl (C=O) groups excluding carboxylic acids is 3. The Balaban J connectivity index is 2.02. The van der Waals surface area contributed by atoms with E-state index in [0.29, 0.717) is 11.1 Å². The Hall–Kier alpha value is -3.08. The summed E-state index contributed by atoms with van der Waals surface area (Å²) in [7, 11) is 0. The zero-order valence-corrected chi connectivity index (χ0v) is 13.2. The number of hydrogen-bond donors (Lipinski definition) is 1. The highest BCUT2D eigenvalue weighted by molar-refractivity contribution is 6.55. The molecule has 0 saturated carbocycles. The highest BCUT2D eigenvalue weighted by atomic mass is 16.2. The van der Waals surface area contributed by atoms with Gasteiger partial charge in [0.15, 0.2) is 5.78 Å². The van der Waals surface area contributed by atoms with Crippen molar-refractivity contribution in [2.45, 2.75) is 19.5 Å². The molecular formula is C19H16N2O3. The Morgan fingerprint density at radius 1 is 1.00 bits per heavy atom. The molecule has 3 rings (SSSR count). The number of nitrogens with zero attached hydrogens (tertiary/aromatic N) is 1. The third-order valence-corrected chi connectivity index (χ3v) is 3.83. The number of nitrogens with one attached hydrogen (secondary N) is 1. The third kappa shape index (κ3) is 3.01. The van der Waals surface area contributed by atoms with Crippen LogP contribution in [-0.2, 0) is 11.3 Å². The van der Waals surface area contributed by atoms with Gasteiger partial charge >= 0.3 is 0 Å². The van der Waals surface area contributed by atoms with Crippen LogP contribution in [0, 0.1) is 0 Å². The molecule has 0 bridgehead atoms. The lowest BCUT2D eigenvalue weighted by Gasteiger charge is -2.24. The smallest absolute Gasteiger partial charge is 0.217 e. The van der Waals surface area contributed by atoms with Crippen molar-refractivity contribution < 1.29 is 14.4 Å². The molecule has 1 atom stereocenters. The van der Waals surface area contributed by atoms with E-state index in [1.54, 1.807) is 24.3 Å². The topological polar surface area (TPSA) is 75.6 Å². The molecular weight excluding hydrogens is 304 g/mol. The molecule has 0 heterocycles. The van der Waals surface area contributed by atoms with Gasteiger partial charge in [0, 0.05) is 18.1 Å². The number of fused-ring (bicyclic) bond motifs is 1. The van der Waals surface area contributed by atoms with Crippen LogP contribution in [0.4, 0.5) is 0 Å². The highest BCUT2D eigenvalue weighted by Gasteiger charge is 2.38. The number of aliphatic imine (C=N–C) groups is 1. The second kappa shape index (κ2) is 6.58. The SMILES string of the molecule is CC(=O)N[C@H]1C(=O)c2ccccc2C(=O)C1=NCc1ccccc1. The van der Waals surface area contributed by atoms with Crippen molar-refractivity contribution >= 4 is 23.2 Å². The third-order valence-electron chi connectivity index (χ3n) is 3.83. The van der Waals surface area contributed by atoms with E-state index in [-0.39, 0.29) is 29.7 Å². The van der Waals surface area contributed by atoms with Gasteiger partial charge in [0.1, 0.15) is 11.8 Å². The fraction of sp³-hybridized carbons (Fsp3) is 0.158. The van der Waals surface area contributed by atoms with E-state index in [2.05, 4.69) is 10.3 Å². The van der Waals surface area contributed by atoms with Crippen molar-refractivity contribution in [3.05, 3.63) is 71.3 Å². The summed E-state index contributed by atoms with van der Waals surface area (Å²) >= 11 is 0. The van der Waals surface area contributed by atoms with Crippen molar-refractivity contribution in [2.75, 3.05) is 0 Å². The molecule has 0 spiro atoms. The Morgan fingerprint density at radius 3 is 2.29 bits per heavy atom. The number of ketones is 2. The van der Waals surface area contributed by atoms with E-state index >= 15 is 0 Å². The van der Waals surface area contributed by atoms with Gasteiger partial charge in [-0.1, -0.05) is 54.6 Å². The van der Waals surface area contributed by atoms with Crippen molar-refractivity contribution in [3.8, 4) is 0 Å². The fourth-order valence-electron chi connectivity index (χ4n) is 2.70. The molecule has 1 N–H and O–H groups in total. The lowest BCUT2D eigenvalue weighted by molar-refractivity contribution is -0.119. The van der Waals surface area contributed by atoms with Crippen LogP contribution in [0.25, 0.3) is 0 Å². The molecule has 5 heteroatoms. The zero-order chi connectivity index (χ0) is 17.1. The van der Waals surface area contributed by atoms with Crippen molar-refractivity contribution in [3.63, 3.8) is 0 Å². The van der Waals surface area contributed by atoms with E-state index in [0.717, 1.165) is 5.56 Å². The van der Waals surface area contributed by atoms with Gasteiger partial charge < -0.3 is 5.32 Å². The molecule has 0 saturated heterocycles. The summed E-state index contributed by atoms with van der Waals surface area (Å²) in [5, 5.41) is 2.55. The van der Waals surface area contributed by atoms with Crippen LogP contribution in [0.5, 0.6) is 0 Å². The molecule has 2 aromatic carbocycles. The van der Waals surface area contributed by atoms with Crippen molar-refractivity contribution in [2.24, 2.45) is 4.99 Å². The van der Waals surface area contributed by atoms with Crippen LogP contribution in [-0.4, -0.2) is 29.2 Å². The maximum absolute atomic E-state index is 12.7. The average molecular weight is 320 g/mol. The molecule has 1 aliphatic carbocycles. The molecule has 120 valence electrons. The standard InChI is InChI=1S/C19H16N2O3/c1-12(22)21-17-16(20-11-13-7-3-2-4-8-13)18(23)14-9-5-6-10-15(14)19(17)24/h2-10,17H,11H2,1H3,(H,21,22)/t17-/m1/s1. The average Bonchev–Trinajstić information content (AvgIpc) is 2.59. The summed E-state index contributed by atoms with van der Waals surface area (Å²) in [6.45, 7) is 1.58. The Morgan fingerprint density at radius 2 is 1.62 bits per heavy atom. The highest BCUT2D eigenvalue weighted by Crippen LogP contribution is 2.21. The van der Waals surface area contributed by atoms with Gasteiger partial charge in [0.05, 0.1) is 6.54 Å². The molecule has 2 aromatic rings. The van der Waals surface area contributed by atoms with Gasteiger partial charge in [-0.25, -0.2) is 0 Å². The predicted octanol–water partition coefficient (Wildman–Crippen LogP) is 2.21. The number of rotatable bonds is 3. The van der Waals surface area contributed by atoms with Crippen LogP contribution in [0.3, 0.4) is 0 Å². The van der Waals surface area contributed by atoms with Crippen LogP contribution in [0.15, 0.2) is 59.6 Å².